The van der Waals surface area contributed by atoms with E-state index in [1.165, 1.54) is 0 Å². The van der Waals surface area contributed by atoms with Crippen molar-refractivity contribution in [3.8, 4) is 5.75 Å². The Morgan fingerprint density at radius 3 is 2.94 bits per heavy atom. The van der Waals surface area contributed by atoms with Gasteiger partial charge in [0, 0.05) is 5.22 Å². The van der Waals surface area contributed by atoms with Gasteiger partial charge in [-0.15, -0.1) is 0 Å². The maximum absolute atomic E-state index is 11.1. The van der Waals surface area contributed by atoms with Gasteiger partial charge in [-0.1, -0.05) is 24.3 Å². The van der Waals surface area contributed by atoms with Crippen molar-refractivity contribution in [2.45, 2.75) is 13.3 Å². The number of fused-ring (bicyclic) bond motifs is 1. The molecule has 0 spiro atoms. The topological polar surface area (TPSA) is 70.4 Å². The molecule has 16 heavy (non-hydrogen) atoms. The molecular formula is C12H11NO3. The normalized spacial score (nSPS) is 13.3. The Kier molecular flexibility index (Phi) is 2.48. The Labute approximate surface area is 91.9 Å². The van der Waals surface area contributed by atoms with E-state index in [1.807, 2.05) is 12.2 Å². The van der Waals surface area contributed by atoms with Crippen molar-refractivity contribution in [3.63, 3.8) is 0 Å². The van der Waals surface area contributed by atoms with E-state index in [2.05, 4.69) is 4.98 Å². The lowest BCUT2D eigenvalue weighted by molar-refractivity contribution is 0.0692. The third-order valence-electron chi connectivity index (χ3n) is 2.47. The van der Waals surface area contributed by atoms with Gasteiger partial charge in [-0.25, -0.2) is 9.78 Å². The number of hydrogen-bond donors (Lipinski definition) is 2. The molecule has 0 atom stereocenters. The Hall–Kier alpha value is -2.10. The minimum absolute atomic E-state index is 0.0784. The molecule has 4 heteroatoms. The van der Waals surface area contributed by atoms with Gasteiger partial charge in [0.2, 0.25) is 0 Å². The van der Waals surface area contributed by atoms with E-state index < -0.39 is 5.97 Å². The highest BCUT2D eigenvalue weighted by molar-refractivity contribution is 5.91. The van der Waals surface area contributed by atoms with Crippen molar-refractivity contribution >= 4 is 18.1 Å². The van der Waals surface area contributed by atoms with E-state index in [0.29, 0.717) is 22.7 Å². The minimum atomic E-state index is -1.14. The lowest BCUT2D eigenvalue weighted by Crippen LogP contribution is -2.34. The SMILES string of the molecule is Cc1nc2c(c(C(=O)O)c1O)=CC=CCC=2. The highest BCUT2D eigenvalue weighted by atomic mass is 16.4. The van der Waals surface area contributed by atoms with Crippen LogP contribution < -0.4 is 10.6 Å². The number of aromatic carboxylic acids is 1. The fourth-order valence-corrected chi connectivity index (χ4v) is 1.69. The van der Waals surface area contributed by atoms with Crippen LogP contribution in [0.5, 0.6) is 5.75 Å². The second-order valence-corrected chi connectivity index (χ2v) is 3.56. The molecule has 1 aliphatic carbocycles. The summed E-state index contributed by atoms with van der Waals surface area (Å²) in [6.07, 6.45) is 7.88. The van der Waals surface area contributed by atoms with Crippen molar-refractivity contribution in [2.24, 2.45) is 0 Å². The van der Waals surface area contributed by atoms with E-state index in [-0.39, 0.29) is 11.3 Å². The number of pyridine rings is 1. The van der Waals surface area contributed by atoms with Crippen LogP contribution >= 0.6 is 0 Å². The number of carboxylic acid groups (broad SMARTS) is 1. The summed E-state index contributed by atoms with van der Waals surface area (Å²) in [5.41, 5.74) is 0.257. The van der Waals surface area contributed by atoms with E-state index in [4.69, 9.17) is 5.11 Å². The summed E-state index contributed by atoms with van der Waals surface area (Å²) < 4.78 is 0. The summed E-state index contributed by atoms with van der Waals surface area (Å²) >= 11 is 0. The largest absolute Gasteiger partial charge is 0.505 e. The number of rotatable bonds is 1. The number of nitrogens with zero attached hydrogens (tertiary/aromatic N) is 1. The number of carbonyl (C=O) groups is 1. The molecule has 1 heterocycles. The lowest BCUT2D eigenvalue weighted by atomic mass is 10.1. The van der Waals surface area contributed by atoms with Crippen LogP contribution in [0.2, 0.25) is 0 Å². The fraction of sp³-hybridized carbons (Fsp3) is 0.167. The molecule has 0 bridgehead atoms. The van der Waals surface area contributed by atoms with Crippen LogP contribution in [0.1, 0.15) is 22.5 Å². The van der Waals surface area contributed by atoms with Gasteiger partial charge in [0.1, 0.15) is 5.56 Å². The predicted molar refractivity (Wildman–Crippen MR) is 59.5 cm³/mol. The molecular weight excluding hydrogens is 206 g/mol. The number of carboxylic acids is 1. The second kappa shape index (κ2) is 3.81. The standard InChI is InChI=1S/C12H11NO3/c1-7-11(14)10(12(15)16)8-5-3-2-4-6-9(8)13-7/h2-3,5-6,14H,4H2,1H3,(H,15,16). The quantitative estimate of drug-likeness (QED) is 0.710. The maximum Gasteiger partial charge on any atom is 0.340 e. The van der Waals surface area contributed by atoms with E-state index in [9.17, 15) is 9.90 Å². The van der Waals surface area contributed by atoms with Gasteiger partial charge in [0.05, 0.1) is 11.0 Å². The summed E-state index contributed by atoms with van der Waals surface area (Å²) in [5.74, 6) is -1.40. The molecule has 1 aromatic heterocycles. The van der Waals surface area contributed by atoms with Crippen LogP contribution in [-0.4, -0.2) is 21.2 Å². The Balaban J connectivity index is 2.97. The van der Waals surface area contributed by atoms with Crippen molar-refractivity contribution in [1.29, 1.82) is 0 Å². The molecule has 0 fully saturated rings. The first-order valence-electron chi connectivity index (χ1n) is 4.91. The molecule has 0 amide bonds. The number of hydrogen-bond acceptors (Lipinski definition) is 3. The number of allylic oxidation sites excluding steroid dienone is 2. The Bertz CT molecular complexity index is 600. The average molecular weight is 217 g/mol. The van der Waals surface area contributed by atoms with Crippen molar-refractivity contribution in [3.05, 3.63) is 34.0 Å². The zero-order chi connectivity index (χ0) is 11.7. The number of aromatic nitrogens is 1. The van der Waals surface area contributed by atoms with Crippen LogP contribution in [0.15, 0.2) is 12.2 Å². The summed E-state index contributed by atoms with van der Waals surface area (Å²) in [5, 5.41) is 19.9. The highest BCUT2D eigenvalue weighted by Gasteiger charge is 2.15. The first kappa shape index (κ1) is 10.4. The van der Waals surface area contributed by atoms with Crippen molar-refractivity contribution in [1.82, 2.24) is 4.98 Å². The van der Waals surface area contributed by atoms with Gasteiger partial charge in [-0.3, -0.25) is 0 Å². The Morgan fingerprint density at radius 1 is 1.50 bits per heavy atom. The average Bonchev–Trinajstić information content (AvgIpc) is 2.44. The summed E-state index contributed by atoms with van der Waals surface area (Å²) in [6, 6.07) is 0. The molecule has 0 radical (unpaired) electrons. The van der Waals surface area contributed by atoms with Gasteiger partial charge in [-0.2, -0.15) is 0 Å². The van der Waals surface area contributed by atoms with Crippen molar-refractivity contribution < 1.29 is 15.0 Å². The molecule has 2 N–H and O–H groups in total. The van der Waals surface area contributed by atoms with Crippen molar-refractivity contribution in [2.75, 3.05) is 0 Å². The van der Waals surface area contributed by atoms with Gasteiger partial charge in [0.15, 0.2) is 5.75 Å². The highest BCUT2D eigenvalue weighted by Crippen LogP contribution is 2.14. The van der Waals surface area contributed by atoms with Crippen LogP contribution in [-0.2, 0) is 0 Å². The van der Waals surface area contributed by atoms with E-state index in [1.54, 1.807) is 19.1 Å². The molecule has 0 aromatic carbocycles. The van der Waals surface area contributed by atoms with Gasteiger partial charge in [-0.05, 0) is 13.3 Å². The number of aromatic hydroxyl groups is 1. The first-order chi connectivity index (χ1) is 7.61. The fourth-order valence-electron chi connectivity index (χ4n) is 1.69. The second-order valence-electron chi connectivity index (χ2n) is 3.56. The van der Waals surface area contributed by atoms with Gasteiger partial charge >= 0.3 is 5.97 Å². The van der Waals surface area contributed by atoms with Crippen LogP contribution in [0.3, 0.4) is 0 Å². The van der Waals surface area contributed by atoms with Crippen LogP contribution in [0, 0.1) is 6.92 Å². The summed E-state index contributed by atoms with van der Waals surface area (Å²) in [7, 11) is 0. The molecule has 2 rings (SSSR count). The molecule has 4 nitrogen and oxygen atoms in total. The minimum Gasteiger partial charge on any atom is -0.505 e. The third kappa shape index (κ3) is 1.58. The lowest BCUT2D eigenvalue weighted by Gasteiger charge is -2.04. The zero-order valence-electron chi connectivity index (χ0n) is 8.77. The summed E-state index contributed by atoms with van der Waals surface area (Å²) in [4.78, 5) is 15.3. The zero-order valence-corrected chi connectivity index (χ0v) is 8.77. The molecule has 0 saturated heterocycles. The molecule has 82 valence electrons. The maximum atomic E-state index is 11.1. The van der Waals surface area contributed by atoms with E-state index >= 15 is 0 Å². The summed E-state index contributed by atoms with van der Waals surface area (Å²) in [6.45, 7) is 1.59. The van der Waals surface area contributed by atoms with Crippen LogP contribution in [0.4, 0.5) is 0 Å². The molecule has 1 aliphatic rings. The van der Waals surface area contributed by atoms with Gasteiger partial charge < -0.3 is 10.2 Å². The van der Waals surface area contributed by atoms with Gasteiger partial charge in [0.25, 0.3) is 0 Å². The molecule has 0 saturated carbocycles. The number of aryl methyl sites for hydroxylation is 1. The molecule has 0 unspecified atom stereocenters. The third-order valence-corrected chi connectivity index (χ3v) is 2.47. The smallest absolute Gasteiger partial charge is 0.340 e. The molecule has 1 aromatic rings. The van der Waals surface area contributed by atoms with Crippen LogP contribution in [0.25, 0.3) is 12.2 Å². The monoisotopic (exact) mass is 217 g/mol. The Morgan fingerprint density at radius 2 is 2.25 bits per heavy atom. The van der Waals surface area contributed by atoms with E-state index in [0.717, 1.165) is 0 Å². The first-order valence-corrected chi connectivity index (χ1v) is 4.91. The molecule has 0 aliphatic heterocycles. The predicted octanol–water partition coefficient (Wildman–Crippen LogP) is 0.315.